The number of rotatable bonds is 1. The van der Waals surface area contributed by atoms with Crippen molar-refractivity contribution in [3.05, 3.63) is 54.2 Å². The van der Waals surface area contributed by atoms with Gasteiger partial charge in [-0.05, 0) is 36.8 Å². The SMILES string of the molecule is Cc1ncc2n1-c1ccc(-c3ccc(N)nc3)cc1NCC2. The van der Waals surface area contributed by atoms with Gasteiger partial charge in [0.1, 0.15) is 11.6 Å². The van der Waals surface area contributed by atoms with Crippen molar-refractivity contribution < 1.29 is 0 Å². The number of nitrogens with one attached hydrogen (secondary N) is 1. The van der Waals surface area contributed by atoms with Crippen molar-refractivity contribution in [3.63, 3.8) is 0 Å². The molecule has 5 nitrogen and oxygen atoms in total. The zero-order valence-corrected chi connectivity index (χ0v) is 12.4. The summed E-state index contributed by atoms with van der Waals surface area (Å²) in [5.41, 5.74) is 11.4. The maximum Gasteiger partial charge on any atom is 0.123 e. The van der Waals surface area contributed by atoms with E-state index < -0.39 is 0 Å². The standard InChI is InChI=1S/C17H17N5/c1-11-20-10-14-6-7-19-15-8-12(2-4-16(15)22(11)14)13-3-5-17(18)21-9-13/h2-5,8-10,19H,6-7H2,1H3,(H2,18,21). The van der Waals surface area contributed by atoms with E-state index in [0.29, 0.717) is 5.82 Å². The fourth-order valence-corrected chi connectivity index (χ4v) is 2.95. The Kier molecular flexibility index (Phi) is 2.85. The number of aromatic nitrogens is 3. The van der Waals surface area contributed by atoms with Crippen LogP contribution in [0.3, 0.4) is 0 Å². The van der Waals surface area contributed by atoms with Crippen LogP contribution >= 0.6 is 0 Å². The Balaban J connectivity index is 1.84. The van der Waals surface area contributed by atoms with Crippen LogP contribution in [0, 0.1) is 6.92 Å². The molecule has 22 heavy (non-hydrogen) atoms. The van der Waals surface area contributed by atoms with Gasteiger partial charge in [0.05, 0.1) is 11.4 Å². The summed E-state index contributed by atoms with van der Waals surface area (Å²) in [5, 5.41) is 3.51. The van der Waals surface area contributed by atoms with Gasteiger partial charge < -0.3 is 11.1 Å². The predicted octanol–water partition coefficient (Wildman–Crippen LogP) is 2.79. The molecule has 3 N–H and O–H groups in total. The van der Waals surface area contributed by atoms with Crippen molar-refractivity contribution in [1.82, 2.24) is 14.5 Å². The van der Waals surface area contributed by atoms with E-state index in [1.165, 1.54) is 5.69 Å². The third-order valence-electron chi connectivity index (χ3n) is 4.06. The van der Waals surface area contributed by atoms with Crippen molar-refractivity contribution in [2.45, 2.75) is 13.3 Å². The van der Waals surface area contributed by atoms with Crippen molar-refractivity contribution in [3.8, 4) is 16.8 Å². The second-order valence-corrected chi connectivity index (χ2v) is 5.51. The number of aryl methyl sites for hydroxylation is 1. The Labute approximate surface area is 128 Å². The Bertz CT molecular complexity index is 833. The van der Waals surface area contributed by atoms with Gasteiger partial charge >= 0.3 is 0 Å². The lowest BCUT2D eigenvalue weighted by molar-refractivity contribution is 0.897. The fraction of sp³-hybridized carbons (Fsp3) is 0.176. The molecule has 3 heterocycles. The van der Waals surface area contributed by atoms with E-state index in [-0.39, 0.29) is 0 Å². The van der Waals surface area contributed by atoms with Crippen LogP contribution in [0.1, 0.15) is 11.5 Å². The fourth-order valence-electron chi connectivity index (χ4n) is 2.95. The van der Waals surface area contributed by atoms with Crippen LogP contribution in [0.25, 0.3) is 16.8 Å². The van der Waals surface area contributed by atoms with Gasteiger partial charge in [0.15, 0.2) is 0 Å². The van der Waals surface area contributed by atoms with Gasteiger partial charge in [-0.2, -0.15) is 0 Å². The van der Waals surface area contributed by atoms with Gasteiger partial charge in [0.2, 0.25) is 0 Å². The summed E-state index contributed by atoms with van der Waals surface area (Å²) in [5.74, 6) is 1.55. The van der Waals surface area contributed by atoms with E-state index in [1.807, 2.05) is 31.5 Å². The molecular formula is C17H17N5. The number of nitrogen functional groups attached to an aromatic ring is 1. The van der Waals surface area contributed by atoms with Crippen molar-refractivity contribution in [2.24, 2.45) is 0 Å². The lowest BCUT2D eigenvalue weighted by atomic mass is 10.1. The molecule has 5 heteroatoms. The van der Waals surface area contributed by atoms with Crippen molar-refractivity contribution in [1.29, 1.82) is 0 Å². The predicted molar refractivity (Wildman–Crippen MR) is 88.1 cm³/mol. The van der Waals surface area contributed by atoms with E-state index in [2.05, 4.69) is 38.1 Å². The summed E-state index contributed by atoms with van der Waals surface area (Å²) in [6.45, 7) is 2.94. The quantitative estimate of drug-likeness (QED) is 0.723. The Morgan fingerprint density at radius 1 is 1.09 bits per heavy atom. The number of nitrogens with two attached hydrogens (primary N) is 1. The molecule has 0 atom stereocenters. The van der Waals surface area contributed by atoms with Crippen LogP contribution in [0.5, 0.6) is 0 Å². The first kappa shape index (κ1) is 12.9. The van der Waals surface area contributed by atoms with Crippen LogP contribution in [0.4, 0.5) is 11.5 Å². The first-order valence-electron chi connectivity index (χ1n) is 7.36. The maximum atomic E-state index is 5.66. The molecule has 0 radical (unpaired) electrons. The molecule has 1 aromatic carbocycles. The molecule has 0 saturated heterocycles. The van der Waals surface area contributed by atoms with Gasteiger partial charge in [-0.3, -0.25) is 4.57 Å². The smallest absolute Gasteiger partial charge is 0.123 e. The molecule has 1 aliphatic heterocycles. The third kappa shape index (κ3) is 2.02. The molecule has 0 aliphatic carbocycles. The van der Waals surface area contributed by atoms with E-state index in [1.54, 1.807) is 0 Å². The molecule has 0 amide bonds. The van der Waals surface area contributed by atoms with Crippen LogP contribution in [0.2, 0.25) is 0 Å². The third-order valence-corrected chi connectivity index (χ3v) is 4.06. The summed E-state index contributed by atoms with van der Waals surface area (Å²) in [6.07, 6.45) is 4.74. The Morgan fingerprint density at radius 3 is 2.77 bits per heavy atom. The molecule has 0 fully saturated rings. The second-order valence-electron chi connectivity index (χ2n) is 5.51. The lowest BCUT2D eigenvalue weighted by Gasteiger charge is -2.13. The molecule has 110 valence electrons. The van der Waals surface area contributed by atoms with E-state index in [4.69, 9.17) is 5.73 Å². The average molecular weight is 291 g/mol. The van der Waals surface area contributed by atoms with Gasteiger partial charge in [0, 0.05) is 36.6 Å². The second kappa shape index (κ2) is 4.87. The first-order chi connectivity index (χ1) is 10.7. The number of benzene rings is 1. The van der Waals surface area contributed by atoms with Gasteiger partial charge in [0.25, 0.3) is 0 Å². The van der Waals surface area contributed by atoms with Gasteiger partial charge in [-0.15, -0.1) is 0 Å². The normalized spacial score (nSPS) is 13.0. The van der Waals surface area contributed by atoms with Crippen LogP contribution in [-0.2, 0) is 6.42 Å². The molecule has 0 saturated carbocycles. The van der Waals surface area contributed by atoms with Crippen molar-refractivity contribution >= 4 is 11.5 Å². The van der Waals surface area contributed by atoms with Gasteiger partial charge in [-0.25, -0.2) is 9.97 Å². The number of pyridine rings is 1. The molecule has 2 aromatic heterocycles. The molecule has 1 aliphatic rings. The zero-order chi connectivity index (χ0) is 15.1. The zero-order valence-electron chi connectivity index (χ0n) is 12.4. The average Bonchev–Trinajstić information content (AvgIpc) is 2.79. The van der Waals surface area contributed by atoms with E-state index >= 15 is 0 Å². The molecule has 0 unspecified atom stereocenters. The highest BCUT2D eigenvalue weighted by Gasteiger charge is 2.16. The minimum Gasteiger partial charge on any atom is -0.384 e. The molecule has 3 aromatic rings. The summed E-state index contributed by atoms with van der Waals surface area (Å²) >= 11 is 0. The minimum absolute atomic E-state index is 0.537. The highest BCUT2D eigenvalue weighted by molar-refractivity contribution is 5.74. The summed E-state index contributed by atoms with van der Waals surface area (Å²) < 4.78 is 2.22. The monoisotopic (exact) mass is 291 g/mol. The van der Waals surface area contributed by atoms with E-state index in [0.717, 1.165) is 41.3 Å². The number of nitrogens with zero attached hydrogens (tertiary/aromatic N) is 3. The topological polar surface area (TPSA) is 68.8 Å². The van der Waals surface area contributed by atoms with E-state index in [9.17, 15) is 0 Å². The Morgan fingerprint density at radius 2 is 1.95 bits per heavy atom. The molecule has 0 bridgehead atoms. The lowest BCUT2D eigenvalue weighted by Crippen LogP contribution is -2.02. The Hall–Kier alpha value is -2.82. The maximum absolute atomic E-state index is 5.66. The largest absolute Gasteiger partial charge is 0.384 e. The number of anilines is 2. The number of fused-ring (bicyclic) bond motifs is 3. The highest BCUT2D eigenvalue weighted by Crippen LogP contribution is 2.31. The summed E-state index contributed by atoms with van der Waals surface area (Å²) in [7, 11) is 0. The highest BCUT2D eigenvalue weighted by atomic mass is 15.1. The first-order valence-corrected chi connectivity index (χ1v) is 7.36. The van der Waals surface area contributed by atoms with Crippen LogP contribution in [0.15, 0.2) is 42.7 Å². The van der Waals surface area contributed by atoms with Crippen LogP contribution < -0.4 is 11.1 Å². The number of hydrogen-bond donors (Lipinski definition) is 2. The van der Waals surface area contributed by atoms with Crippen LogP contribution in [-0.4, -0.2) is 21.1 Å². The van der Waals surface area contributed by atoms with Gasteiger partial charge in [-0.1, -0.05) is 6.07 Å². The molecule has 0 spiro atoms. The van der Waals surface area contributed by atoms with Crippen molar-refractivity contribution in [2.75, 3.05) is 17.6 Å². The summed E-state index contributed by atoms with van der Waals surface area (Å²) in [4.78, 5) is 8.61. The molecule has 4 rings (SSSR count). The number of hydrogen-bond acceptors (Lipinski definition) is 4. The minimum atomic E-state index is 0.537. The summed E-state index contributed by atoms with van der Waals surface area (Å²) in [6, 6.07) is 10.2. The molecular weight excluding hydrogens is 274 g/mol. The number of imidazole rings is 1.